The van der Waals surface area contributed by atoms with Crippen LogP contribution in [0.15, 0.2) is 33.5 Å². The maximum absolute atomic E-state index is 11.9. The van der Waals surface area contributed by atoms with Crippen LogP contribution in [0.1, 0.15) is 18.4 Å². The Kier molecular flexibility index (Phi) is 3.28. The van der Waals surface area contributed by atoms with Crippen LogP contribution in [0.3, 0.4) is 0 Å². The summed E-state index contributed by atoms with van der Waals surface area (Å²) in [5.74, 6) is 0.0989. The first-order chi connectivity index (χ1) is 9.63. The molecule has 1 aromatic heterocycles. The fourth-order valence-corrected chi connectivity index (χ4v) is 2.44. The van der Waals surface area contributed by atoms with Crippen molar-refractivity contribution in [2.75, 3.05) is 6.54 Å². The van der Waals surface area contributed by atoms with Gasteiger partial charge in [-0.25, -0.2) is 9.59 Å². The van der Waals surface area contributed by atoms with Crippen molar-refractivity contribution in [2.45, 2.75) is 25.8 Å². The molecule has 0 unspecified atom stereocenters. The first-order valence-corrected chi connectivity index (χ1v) is 6.63. The average molecular weight is 273 g/mol. The molecule has 1 aromatic carbocycles. The molecule has 1 atom stereocenters. The fraction of sp³-hybridized carbons (Fsp3) is 0.333. The molecule has 0 spiro atoms. The minimum absolute atomic E-state index is 0.241. The minimum atomic E-state index is -0.407. The summed E-state index contributed by atoms with van der Waals surface area (Å²) < 4.78 is 10.5. The number of esters is 1. The van der Waals surface area contributed by atoms with Crippen LogP contribution in [0, 0.1) is 6.92 Å². The van der Waals surface area contributed by atoms with Crippen LogP contribution < -0.4 is 15.7 Å². The lowest BCUT2D eigenvalue weighted by Gasteiger charge is -2.10. The Hall–Kier alpha value is -2.14. The predicted octanol–water partition coefficient (Wildman–Crippen LogP) is 1.76. The molecule has 20 heavy (non-hydrogen) atoms. The second-order valence-electron chi connectivity index (χ2n) is 4.98. The van der Waals surface area contributed by atoms with Gasteiger partial charge in [0, 0.05) is 17.5 Å². The Morgan fingerprint density at radius 3 is 3.00 bits per heavy atom. The summed E-state index contributed by atoms with van der Waals surface area (Å²) in [4.78, 5) is 23.3. The molecule has 1 aliphatic rings. The lowest BCUT2D eigenvalue weighted by atomic mass is 10.1. The van der Waals surface area contributed by atoms with Gasteiger partial charge in [-0.15, -0.1) is 0 Å². The lowest BCUT2D eigenvalue weighted by Crippen LogP contribution is -2.34. The Morgan fingerprint density at radius 2 is 2.25 bits per heavy atom. The molecular weight excluding hydrogens is 258 g/mol. The van der Waals surface area contributed by atoms with Crippen molar-refractivity contribution < 1.29 is 13.9 Å². The zero-order chi connectivity index (χ0) is 14.1. The van der Waals surface area contributed by atoms with Crippen LogP contribution in [0.4, 0.5) is 0 Å². The smallest absolute Gasteiger partial charge is 0.336 e. The number of hydrogen-bond donors (Lipinski definition) is 1. The van der Waals surface area contributed by atoms with Gasteiger partial charge in [0.2, 0.25) is 0 Å². The maximum Gasteiger partial charge on any atom is 0.336 e. The summed E-state index contributed by atoms with van der Waals surface area (Å²) in [7, 11) is 0. The predicted molar refractivity (Wildman–Crippen MR) is 73.9 cm³/mol. The van der Waals surface area contributed by atoms with Gasteiger partial charge in [0.25, 0.3) is 0 Å². The molecule has 0 aliphatic carbocycles. The number of aryl methyl sites for hydroxylation is 1. The second kappa shape index (κ2) is 5.09. The van der Waals surface area contributed by atoms with E-state index in [0.29, 0.717) is 11.3 Å². The molecule has 2 heterocycles. The highest BCUT2D eigenvalue weighted by Gasteiger charge is 2.24. The monoisotopic (exact) mass is 273 g/mol. The van der Waals surface area contributed by atoms with E-state index in [2.05, 4.69) is 5.32 Å². The highest BCUT2D eigenvalue weighted by atomic mass is 16.5. The Labute approximate surface area is 115 Å². The van der Waals surface area contributed by atoms with Gasteiger partial charge in [-0.2, -0.15) is 0 Å². The summed E-state index contributed by atoms with van der Waals surface area (Å²) in [5.41, 5.74) is 0.863. The third-order valence-electron chi connectivity index (χ3n) is 3.49. The van der Waals surface area contributed by atoms with Crippen molar-refractivity contribution in [2.24, 2.45) is 0 Å². The molecule has 0 radical (unpaired) electrons. The Morgan fingerprint density at radius 1 is 1.40 bits per heavy atom. The minimum Gasteiger partial charge on any atom is -0.425 e. The van der Waals surface area contributed by atoms with Gasteiger partial charge in [-0.1, -0.05) is 0 Å². The topological polar surface area (TPSA) is 68.5 Å². The highest BCUT2D eigenvalue weighted by molar-refractivity contribution is 5.83. The van der Waals surface area contributed by atoms with Crippen molar-refractivity contribution in [3.8, 4) is 5.75 Å². The van der Waals surface area contributed by atoms with Gasteiger partial charge in [-0.05, 0) is 44.0 Å². The van der Waals surface area contributed by atoms with Crippen LogP contribution >= 0.6 is 0 Å². The summed E-state index contributed by atoms with van der Waals surface area (Å²) in [6.07, 6.45) is 1.77. The molecule has 0 saturated carbocycles. The molecule has 5 nitrogen and oxygen atoms in total. The van der Waals surface area contributed by atoms with Gasteiger partial charge in [0.1, 0.15) is 17.4 Å². The summed E-state index contributed by atoms with van der Waals surface area (Å²) in [5, 5.41) is 3.92. The van der Waals surface area contributed by atoms with E-state index in [-0.39, 0.29) is 12.0 Å². The van der Waals surface area contributed by atoms with Crippen molar-refractivity contribution in [3.05, 3.63) is 40.2 Å². The maximum atomic E-state index is 11.9. The third-order valence-corrected chi connectivity index (χ3v) is 3.49. The average Bonchev–Trinajstić information content (AvgIpc) is 2.91. The molecule has 0 bridgehead atoms. The molecule has 1 fully saturated rings. The first kappa shape index (κ1) is 12.9. The number of rotatable bonds is 2. The number of carbonyl (C=O) groups is 1. The van der Waals surface area contributed by atoms with Crippen molar-refractivity contribution in [1.29, 1.82) is 0 Å². The standard InChI is InChI=1S/C15H15NO4/c1-9-7-14(17)20-13-8-10(4-5-11(9)13)19-15(18)12-3-2-6-16-12/h4-5,7-8,12,16H,2-3,6H2,1H3/t12-/m0/s1. The number of hydrogen-bond acceptors (Lipinski definition) is 5. The van der Waals surface area contributed by atoms with Crippen LogP contribution in [0.2, 0.25) is 0 Å². The van der Waals surface area contributed by atoms with E-state index in [1.807, 2.05) is 6.92 Å². The molecule has 1 aliphatic heterocycles. The molecule has 3 rings (SSSR count). The molecule has 0 amide bonds. The molecule has 5 heteroatoms. The number of benzene rings is 1. The molecule has 1 saturated heterocycles. The van der Waals surface area contributed by atoms with Crippen LogP contribution in [-0.2, 0) is 4.79 Å². The van der Waals surface area contributed by atoms with E-state index in [0.717, 1.165) is 30.3 Å². The number of fused-ring (bicyclic) bond motifs is 1. The van der Waals surface area contributed by atoms with Gasteiger partial charge in [-0.3, -0.25) is 0 Å². The molecule has 104 valence electrons. The van der Waals surface area contributed by atoms with E-state index in [4.69, 9.17) is 9.15 Å². The zero-order valence-corrected chi connectivity index (χ0v) is 11.1. The number of nitrogens with one attached hydrogen (secondary N) is 1. The van der Waals surface area contributed by atoms with E-state index >= 15 is 0 Å². The van der Waals surface area contributed by atoms with Gasteiger partial charge >= 0.3 is 11.6 Å². The van der Waals surface area contributed by atoms with Gasteiger partial charge in [0.15, 0.2) is 0 Å². The quantitative estimate of drug-likeness (QED) is 0.513. The van der Waals surface area contributed by atoms with Crippen molar-refractivity contribution in [3.63, 3.8) is 0 Å². The Bertz CT molecular complexity index is 713. The van der Waals surface area contributed by atoms with Crippen LogP contribution in [0.25, 0.3) is 11.0 Å². The number of ether oxygens (including phenoxy) is 1. The van der Waals surface area contributed by atoms with E-state index < -0.39 is 5.63 Å². The second-order valence-corrected chi connectivity index (χ2v) is 4.98. The van der Waals surface area contributed by atoms with E-state index in [9.17, 15) is 9.59 Å². The van der Waals surface area contributed by atoms with Crippen molar-refractivity contribution >= 4 is 16.9 Å². The molecular formula is C15H15NO4. The van der Waals surface area contributed by atoms with Crippen molar-refractivity contribution in [1.82, 2.24) is 5.32 Å². The van der Waals surface area contributed by atoms with Gasteiger partial charge < -0.3 is 14.5 Å². The van der Waals surface area contributed by atoms with Crippen LogP contribution in [-0.4, -0.2) is 18.6 Å². The van der Waals surface area contributed by atoms with Crippen LogP contribution in [0.5, 0.6) is 5.75 Å². The zero-order valence-electron chi connectivity index (χ0n) is 11.1. The van der Waals surface area contributed by atoms with E-state index in [1.54, 1.807) is 18.2 Å². The summed E-state index contributed by atoms with van der Waals surface area (Å²) >= 11 is 0. The van der Waals surface area contributed by atoms with E-state index in [1.165, 1.54) is 6.07 Å². The number of carbonyl (C=O) groups excluding carboxylic acids is 1. The third kappa shape index (κ3) is 2.44. The highest BCUT2D eigenvalue weighted by Crippen LogP contribution is 2.23. The first-order valence-electron chi connectivity index (χ1n) is 6.63. The SMILES string of the molecule is Cc1cc(=O)oc2cc(OC(=O)[C@@H]3CCCN3)ccc12. The van der Waals surface area contributed by atoms with Gasteiger partial charge in [0.05, 0.1) is 0 Å². The normalized spacial score (nSPS) is 18.4. The fourth-order valence-electron chi connectivity index (χ4n) is 2.44. The summed E-state index contributed by atoms with van der Waals surface area (Å²) in [6, 6.07) is 6.28. The Balaban J connectivity index is 1.89. The molecule has 2 aromatic rings. The largest absolute Gasteiger partial charge is 0.425 e. The summed E-state index contributed by atoms with van der Waals surface area (Å²) in [6.45, 7) is 2.68. The lowest BCUT2D eigenvalue weighted by molar-refractivity contribution is -0.136. The molecule has 1 N–H and O–H groups in total.